The molecule has 1 saturated heterocycles. The molecule has 2 rings (SSSR count). The van der Waals surface area contributed by atoms with E-state index in [4.69, 9.17) is 21.9 Å². The molecule has 7 heteroatoms. The van der Waals surface area contributed by atoms with Crippen molar-refractivity contribution in [1.82, 2.24) is 5.16 Å². The van der Waals surface area contributed by atoms with Gasteiger partial charge in [0, 0.05) is 5.92 Å². The molecule has 0 unspecified atom stereocenters. The van der Waals surface area contributed by atoms with Crippen LogP contribution in [0.4, 0.5) is 5.69 Å². The predicted molar refractivity (Wildman–Crippen MR) is 56.6 cm³/mol. The fourth-order valence-electron chi connectivity index (χ4n) is 1.74. The lowest BCUT2D eigenvalue weighted by atomic mass is 9.99. The number of rotatable bonds is 1. The Hall–Kier alpha value is -0.750. The minimum absolute atomic E-state index is 0.0218. The highest BCUT2D eigenvalue weighted by Crippen LogP contribution is 2.35. The molecule has 0 saturated carbocycles. The van der Waals surface area contributed by atoms with Gasteiger partial charge in [0.25, 0.3) is 0 Å². The third-order valence-electron chi connectivity index (χ3n) is 2.64. The van der Waals surface area contributed by atoms with Crippen LogP contribution in [0, 0.1) is 0 Å². The summed E-state index contributed by atoms with van der Waals surface area (Å²) in [6.07, 6.45) is 1.05. The fraction of sp³-hybridized carbons (Fsp3) is 0.625. The Morgan fingerprint density at radius 1 is 1.40 bits per heavy atom. The smallest absolute Gasteiger partial charge is 0.195 e. The van der Waals surface area contributed by atoms with Crippen molar-refractivity contribution in [1.29, 1.82) is 0 Å². The van der Waals surface area contributed by atoms with Crippen LogP contribution in [0.2, 0.25) is 5.15 Å². The molecule has 0 aromatic carbocycles. The lowest BCUT2D eigenvalue weighted by Gasteiger charge is -2.19. The summed E-state index contributed by atoms with van der Waals surface area (Å²) in [6, 6.07) is 0. The van der Waals surface area contributed by atoms with Crippen LogP contribution >= 0.6 is 11.6 Å². The Morgan fingerprint density at radius 2 is 2.00 bits per heavy atom. The van der Waals surface area contributed by atoms with Gasteiger partial charge in [0.05, 0.1) is 11.5 Å². The second kappa shape index (κ2) is 3.68. The van der Waals surface area contributed by atoms with E-state index in [9.17, 15) is 8.42 Å². The zero-order valence-electron chi connectivity index (χ0n) is 7.94. The monoisotopic (exact) mass is 250 g/mol. The minimum atomic E-state index is -2.87. The molecule has 1 aliphatic heterocycles. The molecule has 84 valence electrons. The largest absolute Gasteiger partial charge is 0.393 e. The second-order valence-electron chi connectivity index (χ2n) is 3.68. The molecule has 1 aliphatic rings. The maximum Gasteiger partial charge on any atom is 0.195 e. The van der Waals surface area contributed by atoms with Gasteiger partial charge < -0.3 is 10.3 Å². The Labute approximate surface area is 92.5 Å². The molecule has 1 aromatic heterocycles. The van der Waals surface area contributed by atoms with Crippen LogP contribution in [0.3, 0.4) is 0 Å². The van der Waals surface area contributed by atoms with Crippen LogP contribution in [-0.4, -0.2) is 25.1 Å². The number of nitrogens with two attached hydrogens (primary N) is 1. The first-order valence-corrected chi connectivity index (χ1v) is 6.80. The van der Waals surface area contributed by atoms with Gasteiger partial charge in [-0.25, -0.2) is 8.42 Å². The first kappa shape index (κ1) is 10.8. The Morgan fingerprint density at radius 3 is 2.47 bits per heavy atom. The molecule has 2 heterocycles. The maximum atomic E-state index is 11.2. The highest BCUT2D eigenvalue weighted by Gasteiger charge is 2.29. The number of nitrogen functional groups attached to an aromatic ring is 1. The molecule has 15 heavy (non-hydrogen) atoms. The summed E-state index contributed by atoms with van der Waals surface area (Å²) in [6.45, 7) is 0. The lowest BCUT2D eigenvalue weighted by molar-refractivity contribution is 0.351. The van der Waals surface area contributed by atoms with Gasteiger partial charge in [-0.05, 0) is 12.8 Å². The van der Waals surface area contributed by atoms with Crippen LogP contribution in [0.25, 0.3) is 0 Å². The molecular weight excluding hydrogens is 240 g/mol. The number of hydrogen-bond acceptors (Lipinski definition) is 5. The van der Waals surface area contributed by atoms with E-state index in [-0.39, 0.29) is 22.6 Å². The molecule has 5 nitrogen and oxygen atoms in total. The molecule has 0 amide bonds. The van der Waals surface area contributed by atoms with Crippen molar-refractivity contribution in [2.24, 2.45) is 0 Å². The Kier molecular flexibility index (Phi) is 2.64. The van der Waals surface area contributed by atoms with Crippen molar-refractivity contribution in [2.75, 3.05) is 17.2 Å². The van der Waals surface area contributed by atoms with Gasteiger partial charge in [0.1, 0.15) is 15.5 Å². The van der Waals surface area contributed by atoms with E-state index in [1.165, 1.54) is 0 Å². The van der Waals surface area contributed by atoms with Crippen molar-refractivity contribution < 1.29 is 12.9 Å². The summed E-state index contributed by atoms with van der Waals surface area (Å²) >= 11 is 5.66. The fourth-order valence-corrected chi connectivity index (χ4v) is 3.35. The summed E-state index contributed by atoms with van der Waals surface area (Å²) in [4.78, 5) is 0. The van der Waals surface area contributed by atoms with E-state index in [1.807, 2.05) is 0 Å². The van der Waals surface area contributed by atoms with E-state index in [2.05, 4.69) is 5.16 Å². The van der Waals surface area contributed by atoms with E-state index >= 15 is 0 Å². The number of hydrogen-bond donors (Lipinski definition) is 1. The lowest BCUT2D eigenvalue weighted by Crippen LogP contribution is -2.22. The van der Waals surface area contributed by atoms with Crippen molar-refractivity contribution in [3.8, 4) is 0 Å². The van der Waals surface area contributed by atoms with Crippen molar-refractivity contribution in [3.05, 3.63) is 10.9 Å². The standard InChI is InChI=1S/C8H11ClN2O3S/c9-8-6(10)7(14-11-8)5-1-3-15(12,13)4-2-5/h5H,1-4,10H2. The third-order valence-corrected chi connectivity index (χ3v) is 4.63. The molecule has 1 aromatic rings. The van der Waals surface area contributed by atoms with Crippen molar-refractivity contribution in [2.45, 2.75) is 18.8 Å². The van der Waals surface area contributed by atoms with Crippen molar-refractivity contribution >= 4 is 27.1 Å². The van der Waals surface area contributed by atoms with Gasteiger partial charge in [-0.2, -0.15) is 0 Å². The normalized spacial score (nSPS) is 21.7. The summed E-state index contributed by atoms with van der Waals surface area (Å²) in [5.41, 5.74) is 6.00. The van der Waals surface area contributed by atoms with E-state index in [1.54, 1.807) is 0 Å². The molecule has 0 bridgehead atoms. The average molecular weight is 251 g/mol. The van der Waals surface area contributed by atoms with Gasteiger partial charge in [-0.15, -0.1) is 0 Å². The predicted octanol–water partition coefficient (Wildman–Crippen LogP) is 1.20. The highest BCUT2D eigenvalue weighted by atomic mass is 35.5. The van der Waals surface area contributed by atoms with Gasteiger partial charge in [0.15, 0.2) is 10.9 Å². The van der Waals surface area contributed by atoms with Crippen LogP contribution in [0.1, 0.15) is 24.5 Å². The first-order chi connectivity index (χ1) is 6.99. The zero-order chi connectivity index (χ0) is 11.1. The molecule has 0 radical (unpaired) electrons. The molecule has 0 spiro atoms. The summed E-state index contributed by atoms with van der Waals surface area (Å²) < 4.78 is 27.4. The van der Waals surface area contributed by atoms with Crippen LogP contribution in [-0.2, 0) is 9.84 Å². The quantitative estimate of drug-likeness (QED) is 0.809. The molecule has 0 atom stereocenters. The second-order valence-corrected chi connectivity index (χ2v) is 6.34. The van der Waals surface area contributed by atoms with E-state index < -0.39 is 9.84 Å². The maximum absolute atomic E-state index is 11.2. The number of anilines is 1. The highest BCUT2D eigenvalue weighted by molar-refractivity contribution is 7.91. The Bertz CT molecular complexity index is 454. The molecule has 1 fully saturated rings. The van der Waals surface area contributed by atoms with E-state index in [0.29, 0.717) is 24.3 Å². The number of halogens is 1. The molecular formula is C8H11ClN2O3S. The summed E-state index contributed by atoms with van der Waals surface area (Å²) in [5.74, 6) is 0.897. The van der Waals surface area contributed by atoms with Gasteiger partial charge >= 0.3 is 0 Å². The van der Waals surface area contributed by atoms with Crippen LogP contribution < -0.4 is 5.73 Å². The first-order valence-electron chi connectivity index (χ1n) is 4.60. The summed E-state index contributed by atoms with van der Waals surface area (Å²) in [7, 11) is -2.87. The van der Waals surface area contributed by atoms with Crippen LogP contribution in [0.5, 0.6) is 0 Å². The third kappa shape index (κ3) is 2.10. The average Bonchev–Trinajstić information content (AvgIpc) is 2.49. The SMILES string of the molecule is Nc1c(Cl)noc1C1CCS(=O)(=O)CC1. The van der Waals surface area contributed by atoms with Crippen LogP contribution in [0.15, 0.2) is 4.52 Å². The Balaban J connectivity index is 2.18. The van der Waals surface area contributed by atoms with Gasteiger partial charge in [-0.1, -0.05) is 16.8 Å². The minimum Gasteiger partial charge on any atom is -0.393 e. The summed E-state index contributed by atoms with van der Waals surface area (Å²) in [5, 5.41) is 3.70. The number of aromatic nitrogens is 1. The zero-order valence-corrected chi connectivity index (χ0v) is 9.51. The molecule has 0 aliphatic carbocycles. The van der Waals surface area contributed by atoms with Crippen molar-refractivity contribution in [3.63, 3.8) is 0 Å². The van der Waals surface area contributed by atoms with E-state index in [0.717, 1.165) is 0 Å². The topological polar surface area (TPSA) is 86.2 Å². The number of nitrogens with zero attached hydrogens (tertiary/aromatic N) is 1. The molecule has 2 N–H and O–H groups in total. The van der Waals surface area contributed by atoms with Gasteiger partial charge in [0.2, 0.25) is 0 Å². The number of sulfone groups is 1. The van der Waals surface area contributed by atoms with Gasteiger partial charge in [-0.3, -0.25) is 0 Å².